The molecular formula is C15H13F4N. The minimum Gasteiger partial charge on any atom is -0.333 e. The van der Waals surface area contributed by atoms with Crippen molar-refractivity contribution in [2.75, 3.05) is 0 Å². The second kappa shape index (κ2) is 4.81. The lowest BCUT2D eigenvalue weighted by molar-refractivity contribution is -0.600. The molecule has 2 aromatic rings. The Kier molecular flexibility index (Phi) is 3.46. The maximum absolute atomic E-state index is 13.5. The first kappa shape index (κ1) is 14.4. The van der Waals surface area contributed by atoms with Gasteiger partial charge >= 0.3 is 6.18 Å². The van der Waals surface area contributed by atoms with Crippen LogP contribution in [-0.2, 0) is 6.18 Å². The zero-order valence-corrected chi connectivity index (χ0v) is 11.1. The predicted molar refractivity (Wildman–Crippen MR) is 67.3 cm³/mol. The zero-order valence-electron chi connectivity index (χ0n) is 11.1. The van der Waals surface area contributed by atoms with E-state index in [0.717, 1.165) is 17.7 Å². The fourth-order valence-electron chi connectivity index (χ4n) is 2.03. The van der Waals surface area contributed by atoms with E-state index in [2.05, 4.69) is 7.05 Å². The molecule has 0 spiro atoms. The van der Waals surface area contributed by atoms with Gasteiger partial charge in [0.2, 0.25) is 0 Å². The van der Waals surface area contributed by atoms with Crippen molar-refractivity contribution < 1.29 is 22.1 Å². The van der Waals surface area contributed by atoms with E-state index in [9.17, 15) is 17.6 Å². The summed E-state index contributed by atoms with van der Waals surface area (Å²) in [6.07, 6.45) is -3.07. The Morgan fingerprint density at radius 1 is 1.10 bits per heavy atom. The summed E-state index contributed by atoms with van der Waals surface area (Å²) in [4.78, 5) is 0. The minimum absolute atomic E-state index is 0.317. The van der Waals surface area contributed by atoms with Crippen LogP contribution in [0.2, 0.25) is 0 Å². The van der Waals surface area contributed by atoms with Crippen LogP contribution >= 0.6 is 0 Å². The van der Waals surface area contributed by atoms with E-state index in [1.165, 1.54) is 4.57 Å². The molecule has 0 fully saturated rings. The van der Waals surface area contributed by atoms with Crippen molar-refractivity contribution in [2.24, 2.45) is 0 Å². The number of hydrogen-bond donors (Lipinski definition) is 0. The minimum atomic E-state index is -4.72. The molecule has 5 heteroatoms. The molecule has 1 aromatic heterocycles. The van der Waals surface area contributed by atoms with Gasteiger partial charge in [0.05, 0.1) is 11.8 Å². The Morgan fingerprint density at radius 3 is 2.35 bits per heavy atom. The van der Waals surface area contributed by atoms with Gasteiger partial charge in [0.25, 0.3) is 0 Å². The molecule has 1 aromatic carbocycles. The Labute approximate surface area is 114 Å². The van der Waals surface area contributed by atoms with Gasteiger partial charge in [0.15, 0.2) is 0 Å². The van der Waals surface area contributed by atoms with E-state index in [-0.39, 0.29) is 0 Å². The van der Waals surface area contributed by atoms with E-state index < -0.39 is 17.6 Å². The van der Waals surface area contributed by atoms with Gasteiger partial charge in [-0.15, -0.1) is 0 Å². The quantitative estimate of drug-likeness (QED) is 0.422. The monoisotopic (exact) mass is 283 g/mol. The third-order valence-electron chi connectivity index (χ3n) is 3.09. The topological polar surface area (TPSA) is 3.88 Å². The molecule has 0 radical (unpaired) electrons. The van der Waals surface area contributed by atoms with Crippen LogP contribution in [0.5, 0.6) is 0 Å². The maximum Gasteiger partial charge on any atom is 0.419 e. The van der Waals surface area contributed by atoms with Crippen LogP contribution < -0.4 is 4.57 Å². The Hall–Kier alpha value is -2.04. The van der Waals surface area contributed by atoms with Crippen molar-refractivity contribution in [3.05, 3.63) is 60.0 Å². The Bertz CT molecular complexity index is 660. The first-order valence-electron chi connectivity index (χ1n) is 5.91. The predicted octanol–water partition coefficient (Wildman–Crippen LogP) is 4.06. The highest BCUT2D eigenvalue weighted by Gasteiger charge is 2.34. The highest BCUT2D eigenvalue weighted by atomic mass is 19.4. The van der Waals surface area contributed by atoms with Crippen LogP contribution in [0.25, 0.3) is 11.3 Å². The molecule has 1 heterocycles. The first-order valence-corrected chi connectivity index (χ1v) is 5.91. The molecule has 0 saturated carbocycles. The molecule has 0 bridgehead atoms. The molecule has 1 nitrogen and oxygen atoms in total. The summed E-state index contributed by atoms with van der Waals surface area (Å²) in [5.41, 5.74) is 0.876. The average molecular weight is 283 g/mol. The zero-order chi connectivity index (χ0) is 15.1. The van der Waals surface area contributed by atoms with Gasteiger partial charge in [-0.3, -0.25) is 0 Å². The number of aryl methyl sites for hydroxylation is 2. The highest BCUT2D eigenvalue weighted by Crippen LogP contribution is 2.35. The van der Waals surface area contributed by atoms with E-state index in [1.54, 1.807) is 25.3 Å². The van der Waals surface area contributed by atoms with Crippen molar-refractivity contribution in [3.8, 4) is 11.3 Å². The summed E-state index contributed by atoms with van der Waals surface area (Å²) in [6.45, 7) is 3.40. The van der Waals surface area contributed by atoms with Gasteiger partial charge < -0.3 is 4.57 Å². The van der Waals surface area contributed by atoms with Crippen molar-refractivity contribution in [1.29, 1.82) is 0 Å². The van der Waals surface area contributed by atoms with Crippen LogP contribution in [0.3, 0.4) is 0 Å². The summed E-state index contributed by atoms with van der Waals surface area (Å²) in [5, 5.41) is 0. The van der Waals surface area contributed by atoms with E-state index >= 15 is 0 Å². The molecule has 0 unspecified atom stereocenters. The number of benzene rings is 1. The Balaban J connectivity index is 2.71. The lowest BCUT2D eigenvalue weighted by Crippen LogP contribution is -2.28. The molecule has 0 aliphatic heterocycles. The number of nitrogens with zero attached hydrogens (tertiary/aromatic N) is 1. The highest BCUT2D eigenvalue weighted by molar-refractivity contribution is 5.63. The summed E-state index contributed by atoms with van der Waals surface area (Å²) in [7, 11) is 3.74. The molecule has 0 saturated heterocycles. The van der Waals surface area contributed by atoms with Crippen molar-refractivity contribution in [2.45, 2.75) is 20.0 Å². The lowest BCUT2D eigenvalue weighted by Gasteiger charge is -2.15. The fourth-order valence-corrected chi connectivity index (χ4v) is 2.03. The standard InChI is InChI=1S/C15H13F4N/c1-9-4-5-20(3)14(6-9)11-8-12(15(17,18)19)13(16)7-10(11)2/h4-8H,3H2,1-2H3. The van der Waals surface area contributed by atoms with Crippen LogP contribution in [0.4, 0.5) is 17.6 Å². The fraction of sp³-hybridized carbons (Fsp3) is 0.200. The van der Waals surface area contributed by atoms with Gasteiger partial charge in [0.1, 0.15) is 11.5 Å². The van der Waals surface area contributed by atoms with Crippen molar-refractivity contribution in [1.82, 2.24) is 0 Å². The van der Waals surface area contributed by atoms with Gasteiger partial charge in [-0.05, 0) is 43.2 Å². The molecule has 106 valence electrons. The molecule has 2 rings (SSSR count). The SMILES string of the molecule is [CH2-][n+]1ccc(C)cc1-c1cc(C(F)(F)F)c(F)cc1C. The molecular weight excluding hydrogens is 270 g/mol. The summed E-state index contributed by atoms with van der Waals surface area (Å²) in [5.74, 6) is -1.26. The number of aromatic nitrogens is 1. The van der Waals surface area contributed by atoms with E-state index in [1.807, 2.05) is 6.92 Å². The third-order valence-corrected chi connectivity index (χ3v) is 3.09. The normalized spacial score (nSPS) is 11.7. The number of rotatable bonds is 1. The molecule has 0 N–H and O–H groups in total. The molecule has 0 amide bonds. The summed E-state index contributed by atoms with van der Waals surface area (Å²) >= 11 is 0. The third kappa shape index (κ3) is 2.61. The Morgan fingerprint density at radius 2 is 1.75 bits per heavy atom. The van der Waals surface area contributed by atoms with Crippen LogP contribution in [0, 0.1) is 26.7 Å². The van der Waals surface area contributed by atoms with Crippen LogP contribution in [-0.4, -0.2) is 0 Å². The van der Waals surface area contributed by atoms with Crippen LogP contribution in [0.1, 0.15) is 16.7 Å². The van der Waals surface area contributed by atoms with Crippen molar-refractivity contribution >= 4 is 0 Å². The first-order chi connectivity index (χ1) is 9.20. The van der Waals surface area contributed by atoms with Gasteiger partial charge in [-0.1, -0.05) is 11.6 Å². The van der Waals surface area contributed by atoms with Gasteiger partial charge in [-0.25, -0.2) is 4.39 Å². The number of halogens is 4. The second-order valence-corrected chi connectivity index (χ2v) is 4.70. The molecule has 0 aliphatic rings. The molecule has 0 atom stereocenters. The number of alkyl halides is 3. The lowest BCUT2D eigenvalue weighted by atomic mass is 10.00. The second-order valence-electron chi connectivity index (χ2n) is 4.70. The summed E-state index contributed by atoms with van der Waals surface area (Å²) in [6, 6.07) is 5.25. The van der Waals surface area contributed by atoms with Crippen LogP contribution in [0.15, 0.2) is 30.5 Å². The molecule has 0 aliphatic carbocycles. The summed E-state index contributed by atoms with van der Waals surface area (Å²) < 4.78 is 53.3. The average Bonchev–Trinajstić information content (AvgIpc) is 2.31. The van der Waals surface area contributed by atoms with E-state index in [4.69, 9.17) is 0 Å². The van der Waals surface area contributed by atoms with E-state index in [0.29, 0.717) is 16.8 Å². The van der Waals surface area contributed by atoms with Crippen molar-refractivity contribution in [3.63, 3.8) is 0 Å². The van der Waals surface area contributed by atoms with Gasteiger partial charge in [-0.2, -0.15) is 13.2 Å². The molecule has 20 heavy (non-hydrogen) atoms. The van der Waals surface area contributed by atoms with Gasteiger partial charge in [0, 0.05) is 7.05 Å². The number of pyridine rings is 1. The number of hydrogen-bond acceptors (Lipinski definition) is 0. The largest absolute Gasteiger partial charge is 0.419 e. The smallest absolute Gasteiger partial charge is 0.333 e. The maximum atomic E-state index is 13.5.